The molecule has 3 rings (SSSR count). The standard InChI is InChI=1S/C16H22N2OS/c19-16(6-7-18-8-10-20-11-9-18)17-15-5-4-13-2-1-3-14(13)12-15/h4-5,12H,1-3,6-11H2,(H,17,19). The molecule has 2 aliphatic rings. The molecule has 0 bridgehead atoms. The second-order valence-electron chi connectivity index (χ2n) is 5.59. The minimum atomic E-state index is 0.140. The number of hydrogen-bond acceptors (Lipinski definition) is 3. The van der Waals surface area contributed by atoms with E-state index in [4.69, 9.17) is 0 Å². The van der Waals surface area contributed by atoms with Crippen LogP contribution >= 0.6 is 11.8 Å². The Morgan fingerprint density at radius 3 is 2.85 bits per heavy atom. The van der Waals surface area contributed by atoms with Gasteiger partial charge in [-0.1, -0.05) is 6.07 Å². The van der Waals surface area contributed by atoms with Gasteiger partial charge in [0.15, 0.2) is 0 Å². The summed E-state index contributed by atoms with van der Waals surface area (Å²) >= 11 is 2.00. The van der Waals surface area contributed by atoms with Crippen molar-refractivity contribution in [2.24, 2.45) is 0 Å². The number of carbonyl (C=O) groups excluding carboxylic acids is 1. The zero-order valence-corrected chi connectivity index (χ0v) is 12.7. The summed E-state index contributed by atoms with van der Waals surface area (Å²) in [5.41, 5.74) is 3.83. The predicted molar refractivity (Wildman–Crippen MR) is 85.5 cm³/mol. The van der Waals surface area contributed by atoms with Gasteiger partial charge in [-0.2, -0.15) is 11.8 Å². The van der Waals surface area contributed by atoms with E-state index in [1.807, 2.05) is 17.8 Å². The number of carbonyl (C=O) groups is 1. The van der Waals surface area contributed by atoms with Gasteiger partial charge in [0.05, 0.1) is 0 Å². The molecule has 1 amide bonds. The van der Waals surface area contributed by atoms with Crippen molar-refractivity contribution in [1.29, 1.82) is 0 Å². The van der Waals surface area contributed by atoms with Gasteiger partial charge in [-0.05, 0) is 42.5 Å². The quantitative estimate of drug-likeness (QED) is 0.925. The van der Waals surface area contributed by atoms with Crippen LogP contribution in [0, 0.1) is 0 Å². The summed E-state index contributed by atoms with van der Waals surface area (Å²) in [5, 5.41) is 3.04. The lowest BCUT2D eigenvalue weighted by Crippen LogP contribution is -2.34. The number of amides is 1. The van der Waals surface area contributed by atoms with Crippen LogP contribution in [-0.4, -0.2) is 41.9 Å². The van der Waals surface area contributed by atoms with Crippen molar-refractivity contribution in [2.75, 3.05) is 36.5 Å². The second-order valence-corrected chi connectivity index (χ2v) is 6.81. The van der Waals surface area contributed by atoms with E-state index in [-0.39, 0.29) is 5.91 Å². The molecule has 108 valence electrons. The number of nitrogens with one attached hydrogen (secondary N) is 1. The first kappa shape index (κ1) is 14.0. The lowest BCUT2D eigenvalue weighted by atomic mass is 10.1. The number of anilines is 1. The molecule has 0 unspecified atom stereocenters. The van der Waals surface area contributed by atoms with E-state index in [9.17, 15) is 4.79 Å². The van der Waals surface area contributed by atoms with E-state index in [2.05, 4.69) is 22.3 Å². The maximum absolute atomic E-state index is 12.0. The summed E-state index contributed by atoms with van der Waals surface area (Å²) in [6.07, 6.45) is 4.20. The lowest BCUT2D eigenvalue weighted by molar-refractivity contribution is -0.116. The van der Waals surface area contributed by atoms with Gasteiger partial charge in [-0.15, -0.1) is 0 Å². The van der Waals surface area contributed by atoms with E-state index >= 15 is 0 Å². The number of thioether (sulfide) groups is 1. The molecule has 1 heterocycles. The smallest absolute Gasteiger partial charge is 0.225 e. The molecule has 1 saturated heterocycles. The summed E-state index contributed by atoms with van der Waals surface area (Å²) < 4.78 is 0. The van der Waals surface area contributed by atoms with Gasteiger partial charge in [0.1, 0.15) is 0 Å². The molecule has 20 heavy (non-hydrogen) atoms. The van der Waals surface area contributed by atoms with Crippen LogP contribution in [0.4, 0.5) is 5.69 Å². The lowest BCUT2D eigenvalue weighted by Gasteiger charge is -2.25. The zero-order valence-electron chi connectivity index (χ0n) is 11.9. The third kappa shape index (κ3) is 3.55. The van der Waals surface area contributed by atoms with Crippen molar-refractivity contribution in [1.82, 2.24) is 4.90 Å². The Hall–Kier alpha value is -1.00. The van der Waals surface area contributed by atoms with Crippen LogP contribution in [-0.2, 0) is 17.6 Å². The van der Waals surface area contributed by atoms with Gasteiger partial charge < -0.3 is 10.2 Å². The molecule has 3 nitrogen and oxygen atoms in total. The number of aryl methyl sites for hydroxylation is 2. The van der Waals surface area contributed by atoms with Crippen LogP contribution in [0.3, 0.4) is 0 Å². The molecule has 1 aliphatic carbocycles. The fraction of sp³-hybridized carbons (Fsp3) is 0.562. The SMILES string of the molecule is O=C(CCN1CCSCC1)Nc1ccc2c(c1)CCC2. The molecule has 1 fully saturated rings. The van der Waals surface area contributed by atoms with Crippen molar-refractivity contribution in [3.8, 4) is 0 Å². The number of benzene rings is 1. The van der Waals surface area contributed by atoms with Crippen molar-refractivity contribution >= 4 is 23.4 Å². The van der Waals surface area contributed by atoms with Gasteiger partial charge >= 0.3 is 0 Å². The van der Waals surface area contributed by atoms with Crippen LogP contribution in [0.5, 0.6) is 0 Å². The molecule has 0 aromatic heterocycles. The number of hydrogen-bond donors (Lipinski definition) is 1. The highest BCUT2D eigenvalue weighted by molar-refractivity contribution is 7.99. The van der Waals surface area contributed by atoms with Gasteiger partial charge in [0.2, 0.25) is 5.91 Å². The Bertz CT molecular complexity index is 483. The molecular weight excluding hydrogens is 268 g/mol. The number of nitrogens with zero attached hydrogens (tertiary/aromatic N) is 1. The summed E-state index contributed by atoms with van der Waals surface area (Å²) in [4.78, 5) is 14.4. The predicted octanol–water partition coefficient (Wildman–Crippen LogP) is 2.55. The topological polar surface area (TPSA) is 32.3 Å². The van der Waals surface area contributed by atoms with Crippen molar-refractivity contribution < 1.29 is 4.79 Å². The molecule has 1 aromatic carbocycles. The Balaban J connectivity index is 1.48. The van der Waals surface area contributed by atoms with E-state index in [1.54, 1.807) is 0 Å². The monoisotopic (exact) mass is 290 g/mol. The van der Waals surface area contributed by atoms with Crippen LogP contribution in [0.2, 0.25) is 0 Å². The summed E-state index contributed by atoms with van der Waals surface area (Å²) in [5.74, 6) is 2.54. The van der Waals surface area contributed by atoms with Gasteiger partial charge in [-0.3, -0.25) is 4.79 Å². The Morgan fingerprint density at radius 1 is 1.20 bits per heavy atom. The third-order valence-electron chi connectivity index (χ3n) is 4.14. The summed E-state index contributed by atoms with van der Waals surface area (Å²) in [7, 11) is 0. The maximum atomic E-state index is 12.0. The van der Waals surface area contributed by atoms with Crippen LogP contribution < -0.4 is 5.32 Å². The summed E-state index contributed by atoms with van der Waals surface area (Å²) in [6.45, 7) is 3.13. The average Bonchev–Trinajstić information content (AvgIpc) is 2.94. The Labute approximate surface area is 125 Å². The first-order valence-corrected chi connectivity index (χ1v) is 8.68. The van der Waals surface area contributed by atoms with Crippen LogP contribution in [0.15, 0.2) is 18.2 Å². The highest BCUT2D eigenvalue weighted by atomic mass is 32.2. The molecular formula is C16H22N2OS. The van der Waals surface area contributed by atoms with Crippen LogP contribution in [0.1, 0.15) is 24.0 Å². The largest absolute Gasteiger partial charge is 0.326 e. The van der Waals surface area contributed by atoms with Gasteiger partial charge in [0.25, 0.3) is 0 Å². The van der Waals surface area contributed by atoms with Crippen molar-refractivity contribution in [2.45, 2.75) is 25.7 Å². The molecule has 0 spiro atoms. The Kier molecular flexibility index (Phi) is 4.63. The second kappa shape index (κ2) is 6.64. The fourth-order valence-corrected chi connectivity index (χ4v) is 3.94. The minimum Gasteiger partial charge on any atom is -0.326 e. The average molecular weight is 290 g/mol. The fourth-order valence-electron chi connectivity index (χ4n) is 2.96. The highest BCUT2D eigenvalue weighted by Crippen LogP contribution is 2.24. The molecule has 1 N–H and O–H groups in total. The van der Waals surface area contributed by atoms with E-state index < -0.39 is 0 Å². The van der Waals surface area contributed by atoms with E-state index in [0.29, 0.717) is 6.42 Å². The van der Waals surface area contributed by atoms with E-state index in [0.717, 1.165) is 31.7 Å². The van der Waals surface area contributed by atoms with E-state index in [1.165, 1.54) is 35.5 Å². The first-order chi connectivity index (χ1) is 9.81. The normalized spacial score (nSPS) is 18.8. The van der Waals surface area contributed by atoms with Crippen LogP contribution in [0.25, 0.3) is 0 Å². The summed E-state index contributed by atoms with van der Waals surface area (Å²) in [6, 6.07) is 6.36. The third-order valence-corrected chi connectivity index (χ3v) is 5.08. The van der Waals surface area contributed by atoms with Gasteiger partial charge in [0, 0.05) is 43.2 Å². The molecule has 0 atom stereocenters. The Morgan fingerprint density at radius 2 is 2.00 bits per heavy atom. The molecule has 0 saturated carbocycles. The molecule has 4 heteroatoms. The first-order valence-electron chi connectivity index (χ1n) is 7.53. The number of rotatable bonds is 4. The minimum absolute atomic E-state index is 0.140. The highest BCUT2D eigenvalue weighted by Gasteiger charge is 2.14. The van der Waals surface area contributed by atoms with Crippen molar-refractivity contribution in [3.05, 3.63) is 29.3 Å². The zero-order chi connectivity index (χ0) is 13.8. The number of fused-ring (bicyclic) bond motifs is 1. The van der Waals surface area contributed by atoms with Gasteiger partial charge in [-0.25, -0.2) is 0 Å². The molecule has 0 radical (unpaired) electrons. The van der Waals surface area contributed by atoms with Crippen molar-refractivity contribution in [3.63, 3.8) is 0 Å². The maximum Gasteiger partial charge on any atom is 0.225 e. The molecule has 1 aliphatic heterocycles. The molecule has 1 aromatic rings.